The summed E-state index contributed by atoms with van der Waals surface area (Å²) in [6, 6.07) is 14.5. The standard InChI is InChI=1S/C17H20BrClN2/c1-11(20)16-8-7-15(10-17(16)18)21(3)12(2)13-5-4-6-14(19)9-13/h4-12H,20H2,1-3H3/t11-,12?/m0/s1. The number of nitrogens with two attached hydrogens (primary N) is 1. The van der Waals surface area contributed by atoms with Crippen LogP contribution < -0.4 is 10.6 Å². The van der Waals surface area contributed by atoms with Gasteiger partial charge in [-0.3, -0.25) is 0 Å². The van der Waals surface area contributed by atoms with E-state index in [1.165, 1.54) is 5.56 Å². The van der Waals surface area contributed by atoms with E-state index < -0.39 is 0 Å². The third-order valence-corrected chi connectivity index (χ3v) is 4.72. The Bertz CT molecular complexity index is 628. The monoisotopic (exact) mass is 366 g/mol. The molecule has 0 aliphatic rings. The van der Waals surface area contributed by atoms with Crippen LogP contribution in [0.4, 0.5) is 5.69 Å². The Morgan fingerprint density at radius 1 is 1.14 bits per heavy atom. The third-order valence-electron chi connectivity index (χ3n) is 3.79. The highest BCUT2D eigenvalue weighted by molar-refractivity contribution is 9.10. The number of nitrogens with zero attached hydrogens (tertiary/aromatic N) is 1. The van der Waals surface area contributed by atoms with Gasteiger partial charge in [-0.15, -0.1) is 0 Å². The molecule has 4 heteroatoms. The third kappa shape index (κ3) is 3.79. The highest BCUT2D eigenvalue weighted by atomic mass is 79.9. The highest BCUT2D eigenvalue weighted by Gasteiger charge is 2.14. The van der Waals surface area contributed by atoms with Gasteiger partial charge in [0.25, 0.3) is 0 Å². The van der Waals surface area contributed by atoms with Crippen molar-refractivity contribution in [2.75, 3.05) is 11.9 Å². The molecule has 0 amide bonds. The predicted molar refractivity (Wildman–Crippen MR) is 95.0 cm³/mol. The molecule has 112 valence electrons. The quantitative estimate of drug-likeness (QED) is 0.792. The summed E-state index contributed by atoms with van der Waals surface area (Å²) >= 11 is 9.69. The van der Waals surface area contributed by atoms with E-state index in [0.29, 0.717) is 0 Å². The smallest absolute Gasteiger partial charge is 0.0511 e. The number of anilines is 1. The van der Waals surface area contributed by atoms with E-state index in [1.54, 1.807) is 0 Å². The summed E-state index contributed by atoms with van der Waals surface area (Å²) in [5, 5.41) is 0.765. The Labute approximate surface area is 140 Å². The first-order chi connectivity index (χ1) is 9.90. The molecule has 21 heavy (non-hydrogen) atoms. The van der Waals surface area contributed by atoms with Gasteiger partial charge in [0.15, 0.2) is 0 Å². The van der Waals surface area contributed by atoms with Gasteiger partial charge in [0.1, 0.15) is 0 Å². The Kier molecular flexibility index (Phi) is 5.31. The summed E-state index contributed by atoms with van der Waals surface area (Å²) in [6.45, 7) is 4.15. The summed E-state index contributed by atoms with van der Waals surface area (Å²) < 4.78 is 1.04. The molecule has 0 spiro atoms. The average molecular weight is 368 g/mol. The zero-order chi connectivity index (χ0) is 15.6. The Hall–Kier alpha value is -1.03. The van der Waals surface area contributed by atoms with Crippen molar-refractivity contribution in [2.24, 2.45) is 5.73 Å². The van der Waals surface area contributed by atoms with Crippen LogP contribution in [0.15, 0.2) is 46.9 Å². The molecule has 2 nitrogen and oxygen atoms in total. The zero-order valence-corrected chi connectivity index (χ0v) is 14.8. The van der Waals surface area contributed by atoms with Gasteiger partial charge in [0.05, 0.1) is 6.04 Å². The maximum absolute atomic E-state index is 6.08. The number of hydrogen-bond acceptors (Lipinski definition) is 2. The van der Waals surface area contributed by atoms with Crippen molar-refractivity contribution in [1.29, 1.82) is 0 Å². The molecule has 0 saturated carbocycles. The maximum Gasteiger partial charge on any atom is 0.0511 e. The first kappa shape index (κ1) is 16.3. The van der Waals surface area contributed by atoms with E-state index in [2.05, 4.69) is 59.1 Å². The number of hydrogen-bond donors (Lipinski definition) is 1. The van der Waals surface area contributed by atoms with Crippen LogP contribution in [0, 0.1) is 0 Å². The summed E-state index contributed by atoms with van der Waals surface area (Å²) in [6.07, 6.45) is 0. The van der Waals surface area contributed by atoms with E-state index in [-0.39, 0.29) is 12.1 Å². The first-order valence-corrected chi connectivity index (χ1v) is 8.10. The molecule has 2 atom stereocenters. The lowest BCUT2D eigenvalue weighted by Crippen LogP contribution is -2.21. The molecule has 0 saturated heterocycles. The van der Waals surface area contributed by atoms with Crippen LogP contribution in [-0.4, -0.2) is 7.05 Å². The molecular weight excluding hydrogens is 348 g/mol. The van der Waals surface area contributed by atoms with Gasteiger partial charge in [-0.1, -0.05) is 45.7 Å². The lowest BCUT2D eigenvalue weighted by atomic mass is 10.1. The van der Waals surface area contributed by atoms with Gasteiger partial charge >= 0.3 is 0 Å². The highest BCUT2D eigenvalue weighted by Crippen LogP contribution is 2.31. The van der Waals surface area contributed by atoms with Crippen molar-refractivity contribution < 1.29 is 0 Å². The van der Waals surface area contributed by atoms with E-state index in [9.17, 15) is 0 Å². The zero-order valence-electron chi connectivity index (χ0n) is 12.5. The molecule has 0 bridgehead atoms. The van der Waals surface area contributed by atoms with Crippen molar-refractivity contribution in [3.63, 3.8) is 0 Å². The molecule has 0 heterocycles. The van der Waals surface area contributed by atoms with Crippen molar-refractivity contribution in [3.8, 4) is 0 Å². The second-order valence-electron chi connectivity index (χ2n) is 5.34. The van der Waals surface area contributed by atoms with Gasteiger partial charge in [-0.2, -0.15) is 0 Å². The van der Waals surface area contributed by atoms with E-state index in [1.807, 2.05) is 25.1 Å². The SMILES string of the molecule is CC(c1cccc(Cl)c1)N(C)c1ccc([C@H](C)N)c(Br)c1. The van der Waals surface area contributed by atoms with Crippen LogP contribution in [0.1, 0.15) is 37.1 Å². The van der Waals surface area contributed by atoms with E-state index in [0.717, 1.165) is 20.7 Å². The second-order valence-corrected chi connectivity index (χ2v) is 6.63. The number of benzene rings is 2. The van der Waals surface area contributed by atoms with Crippen LogP contribution in [0.3, 0.4) is 0 Å². The normalized spacial score (nSPS) is 13.8. The first-order valence-electron chi connectivity index (χ1n) is 6.93. The molecule has 0 aromatic heterocycles. The van der Waals surface area contributed by atoms with Gasteiger partial charge in [0, 0.05) is 28.3 Å². The molecule has 0 radical (unpaired) electrons. The minimum absolute atomic E-state index is 0.0177. The van der Waals surface area contributed by atoms with Crippen molar-refractivity contribution >= 4 is 33.2 Å². The summed E-state index contributed by atoms with van der Waals surface area (Å²) in [5.74, 6) is 0. The molecule has 0 fully saturated rings. The molecule has 1 unspecified atom stereocenters. The van der Waals surface area contributed by atoms with Crippen LogP contribution >= 0.6 is 27.5 Å². The Morgan fingerprint density at radius 3 is 2.43 bits per heavy atom. The molecule has 2 aromatic rings. The molecule has 0 aliphatic heterocycles. The molecular formula is C17H20BrClN2. The predicted octanol–water partition coefficient (Wildman–Crippen LogP) is 5.32. The Morgan fingerprint density at radius 2 is 1.86 bits per heavy atom. The number of rotatable bonds is 4. The number of halogens is 2. The van der Waals surface area contributed by atoms with Crippen LogP contribution in [-0.2, 0) is 0 Å². The summed E-state index contributed by atoms with van der Waals surface area (Å²) in [7, 11) is 2.08. The fourth-order valence-electron chi connectivity index (χ4n) is 2.32. The van der Waals surface area contributed by atoms with Crippen LogP contribution in [0.2, 0.25) is 5.02 Å². The minimum Gasteiger partial charge on any atom is -0.368 e. The van der Waals surface area contributed by atoms with Crippen LogP contribution in [0.5, 0.6) is 0 Å². The van der Waals surface area contributed by atoms with Gasteiger partial charge in [-0.05, 0) is 49.2 Å². The lowest BCUT2D eigenvalue weighted by Gasteiger charge is -2.28. The largest absolute Gasteiger partial charge is 0.368 e. The van der Waals surface area contributed by atoms with Crippen LogP contribution in [0.25, 0.3) is 0 Å². The Balaban J connectivity index is 2.27. The topological polar surface area (TPSA) is 29.3 Å². The lowest BCUT2D eigenvalue weighted by molar-refractivity contribution is 0.738. The maximum atomic E-state index is 6.08. The van der Waals surface area contributed by atoms with Gasteiger partial charge in [-0.25, -0.2) is 0 Å². The minimum atomic E-state index is 0.0177. The summed E-state index contributed by atoms with van der Waals surface area (Å²) in [5.41, 5.74) is 9.39. The molecule has 2 N–H and O–H groups in total. The van der Waals surface area contributed by atoms with Crippen molar-refractivity contribution in [2.45, 2.75) is 25.9 Å². The molecule has 2 rings (SSSR count). The second kappa shape index (κ2) is 6.82. The molecule has 2 aromatic carbocycles. The van der Waals surface area contributed by atoms with Gasteiger partial charge in [0.2, 0.25) is 0 Å². The molecule has 0 aliphatic carbocycles. The fraction of sp³-hybridized carbons (Fsp3) is 0.294. The van der Waals surface area contributed by atoms with E-state index >= 15 is 0 Å². The fourth-order valence-corrected chi connectivity index (χ4v) is 3.24. The summed E-state index contributed by atoms with van der Waals surface area (Å²) in [4.78, 5) is 2.22. The average Bonchev–Trinajstić information content (AvgIpc) is 2.45. The van der Waals surface area contributed by atoms with E-state index in [4.69, 9.17) is 17.3 Å². The van der Waals surface area contributed by atoms with Crippen molar-refractivity contribution in [3.05, 3.63) is 63.1 Å². The van der Waals surface area contributed by atoms with Gasteiger partial charge < -0.3 is 10.6 Å². The van der Waals surface area contributed by atoms with Crippen molar-refractivity contribution in [1.82, 2.24) is 0 Å².